The van der Waals surface area contributed by atoms with Gasteiger partial charge in [0.2, 0.25) is 0 Å². The molecule has 2 unspecified atom stereocenters. The van der Waals surface area contributed by atoms with Crippen LogP contribution in [0.1, 0.15) is 12.5 Å². The molecule has 3 nitrogen and oxygen atoms in total. The first-order chi connectivity index (χ1) is 7.50. The van der Waals surface area contributed by atoms with Crippen molar-refractivity contribution in [2.45, 2.75) is 19.4 Å². The molecule has 0 amide bonds. The number of nitrogens with zero attached hydrogens (tertiary/aromatic N) is 1. The fraction of sp³-hybridized carbons (Fsp3) is 0.417. The van der Waals surface area contributed by atoms with Crippen LogP contribution in [0.5, 0.6) is 0 Å². The van der Waals surface area contributed by atoms with Gasteiger partial charge in [-0.1, -0.05) is 11.6 Å². The third-order valence-electron chi connectivity index (χ3n) is 3.31. The second-order valence-corrected chi connectivity index (χ2v) is 4.72. The zero-order chi connectivity index (χ0) is 11.9. The predicted octanol–water partition coefficient (Wildman–Crippen LogP) is 2.42. The molecular formula is C12H14ClNO2. The van der Waals surface area contributed by atoms with Crippen LogP contribution in [-0.2, 0) is 11.2 Å². The van der Waals surface area contributed by atoms with Crippen LogP contribution in [0.2, 0.25) is 5.02 Å². The molecule has 0 spiro atoms. The van der Waals surface area contributed by atoms with Crippen LogP contribution in [0, 0.1) is 5.92 Å². The smallest absolute Gasteiger partial charge is 0.308 e. The van der Waals surface area contributed by atoms with E-state index < -0.39 is 5.97 Å². The van der Waals surface area contributed by atoms with E-state index in [0.29, 0.717) is 5.02 Å². The zero-order valence-electron chi connectivity index (χ0n) is 9.27. The molecule has 1 aromatic rings. The van der Waals surface area contributed by atoms with Crippen molar-refractivity contribution in [3.05, 3.63) is 28.8 Å². The van der Waals surface area contributed by atoms with E-state index in [-0.39, 0.29) is 12.0 Å². The standard InChI is InChI=1S/C12H14ClNO2/c1-7(12(15)16)11-6-8-5-9(13)3-4-10(8)14(11)2/h3-5,7,11H,6H2,1-2H3,(H,15,16). The Morgan fingerprint density at radius 2 is 2.31 bits per heavy atom. The van der Waals surface area contributed by atoms with E-state index in [1.165, 1.54) is 0 Å². The SMILES string of the molecule is CC(C(=O)O)C1Cc2cc(Cl)ccc2N1C. The number of carboxylic acid groups (broad SMARTS) is 1. The van der Waals surface area contributed by atoms with E-state index in [4.69, 9.17) is 16.7 Å². The molecule has 4 heteroatoms. The summed E-state index contributed by atoms with van der Waals surface area (Å²) in [6.07, 6.45) is 0.750. The molecule has 0 aliphatic carbocycles. The topological polar surface area (TPSA) is 40.5 Å². The Bertz CT molecular complexity index is 433. The molecule has 2 atom stereocenters. The molecule has 1 aromatic carbocycles. The second-order valence-electron chi connectivity index (χ2n) is 4.28. The van der Waals surface area contributed by atoms with Crippen LogP contribution in [0.3, 0.4) is 0 Å². The van der Waals surface area contributed by atoms with E-state index in [1.807, 2.05) is 30.1 Å². The predicted molar refractivity (Wildman–Crippen MR) is 64.1 cm³/mol. The molecule has 0 saturated heterocycles. The van der Waals surface area contributed by atoms with Crippen molar-refractivity contribution in [3.63, 3.8) is 0 Å². The van der Waals surface area contributed by atoms with Gasteiger partial charge in [0.25, 0.3) is 0 Å². The number of hydrogen-bond acceptors (Lipinski definition) is 2. The maximum atomic E-state index is 11.0. The van der Waals surface area contributed by atoms with Gasteiger partial charge in [-0.05, 0) is 37.1 Å². The van der Waals surface area contributed by atoms with Gasteiger partial charge in [-0.25, -0.2) is 0 Å². The molecule has 1 aliphatic rings. The first-order valence-electron chi connectivity index (χ1n) is 5.24. The van der Waals surface area contributed by atoms with Gasteiger partial charge in [0.1, 0.15) is 0 Å². The Hall–Kier alpha value is -1.22. The Morgan fingerprint density at radius 1 is 1.62 bits per heavy atom. The zero-order valence-corrected chi connectivity index (χ0v) is 10.0. The summed E-state index contributed by atoms with van der Waals surface area (Å²) in [5.74, 6) is -1.13. The molecule has 16 heavy (non-hydrogen) atoms. The van der Waals surface area contributed by atoms with Crippen LogP contribution < -0.4 is 4.90 Å². The van der Waals surface area contributed by atoms with Gasteiger partial charge in [0, 0.05) is 23.8 Å². The number of hydrogen-bond donors (Lipinski definition) is 1. The van der Waals surface area contributed by atoms with Crippen LogP contribution in [0.15, 0.2) is 18.2 Å². The molecule has 0 fully saturated rings. The molecule has 0 radical (unpaired) electrons. The maximum absolute atomic E-state index is 11.0. The number of anilines is 1. The average Bonchev–Trinajstić information content (AvgIpc) is 2.54. The number of aliphatic carboxylic acids is 1. The third-order valence-corrected chi connectivity index (χ3v) is 3.55. The number of fused-ring (bicyclic) bond motifs is 1. The molecule has 0 bridgehead atoms. The molecule has 0 saturated carbocycles. The first kappa shape index (κ1) is 11.3. The summed E-state index contributed by atoms with van der Waals surface area (Å²) >= 11 is 5.93. The van der Waals surface area contributed by atoms with Gasteiger partial charge in [0.05, 0.1) is 5.92 Å². The number of halogens is 1. The maximum Gasteiger partial charge on any atom is 0.308 e. The highest BCUT2D eigenvalue weighted by molar-refractivity contribution is 6.30. The first-order valence-corrected chi connectivity index (χ1v) is 5.62. The molecule has 1 N–H and O–H groups in total. The van der Waals surface area contributed by atoms with Crippen molar-refractivity contribution < 1.29 is 9.90 Å². The minimum absolute atomic E-state index is 0.0194. The number of benzene rings is 1. The monoisotopic (exact) mass is 239 g/mol. The lowest BCUT2D eigenvalue weighted by molar-refractivity contribution is -0.141. The summed E-state index contributed by atoms with van der Waals surface area (Å²) < 4.78 is 0. The van der Waals surface area contributed by atoms with Gasteiger partial charge in [0.15, 0.2) is 0 Å². The Morgan fingerprint density at radius 3 is 2.94 bits per heavy atom. The van der Waals surface area contributed by atoms with Crippen molar-refractivity contribution >= 4 is 23.3 Å². The molecule has 86 valence electrons. The lowest BCUT2D eigenvalue weighted by atomic mass is 9.98. The molecule has 1 aliphatic heterocycles. The quantitative estimate of drug-likeness (QED) is 0.862. The summed E-state index contributed by atoms with van der Waals surface area (Å²) in [4.78, 5) is 13.0. The minimum atomic E-state index is -0.754. The van der Waals surface area contributed by atoms with Crippen molar-refractivity contribution in [2.24, 2.45) is 5.92 Å². The van der Waals surface area contributed by atoms with Crippen LogP contribution >= 0.6 is 11.6 Å². The van der Waals surface area contributed by atoms with E-state index in [0.717, 1.165) is 17.7 Å². The van der Waals surface area contributed by atoms with E-state index in [2.05, 4.69) is 0 Å². The highest BCUT2D eigenvalue weighted by Crippen LogP contribution is 2.35. The van der Waals surface area contributed by atoms with Gasteiger partial charge < -0.3 is 10.0 Å². The van der Waals surface area contributed by atoms with Crippen molar-refractivity contribution in [1.82, 2.24) is 0 Å². The van der Waals surface area contributed by atoms with Crippen molar-refractivity contribution in [3.8, 4) is 0 Å². The molecular weight excluding hydrogens is 226 g/mol. The highest BCUT2D eigenvalue weighted by Gasteiger charge is 2.33. The summed E-state index contributed by atoms with van der Waals surface area (Å²) in [6.45, 7) is 1.75. The number of carboxylic acids is 1. The largest absolute Gasteiger partial charge is 0.481 e. The summed E-state index contributed by atoms with van der Waals surface area (Å²) in [6, 6.07) is 5.73. The van der Waals surface area contributed by atoms with Crippen LogP contribution in [0.4, 0.5) is 5.69 Å². The van der Waals surface area contributed by atoms with Crippen LogP contribution in [0.25, 0.3) is 0 Å². The molecule has 0 aromatic heterocycles. The van der Waals surface area contributed by atoms with Gasteiger partial charge >= 0.3 is 5.97 Å². The van der Waals surface area contributed by atoms with Gasteiger partial charge in [-0.15, -0.1) is 0 Å². The fourth-order valence-corrected chi connectivity index (χ4v) is 2.47. The van der Waals surface area contributed by atoms with Crippen molar-refractivity contribution in [2.75, 3.05) is 11.9 Å². The van der Waals surface area contributed by atoms with Gasteiger partial charge in [-0.3, -0.25) is 4.79 Å². The van der Waals surface area contributed by atoms with Gasteiger partial charge in [-0.2, -0.15) is 0 Å². The lowest BCUT2D eigenvalue weighted by Crippen LogP contribution is -2.37. The minimum Gasteiger partial charge on any atom is -0.481 e. The highest BCUT2D eigenvalue weighted by atomic mass is 35.5. The van der Waals surface area contributed by atoms with E-state index in [1.54, 1.807) is 6.92 Å². The number of carbonyl (C=O) groups is 1. The normalized spacial score (nSPS) is 20.7. The summed E-state index contributed by atoms with van der Waals surface area (Å²) in [5.41, 5.74) is 2.22. The second kappa shape index (κ2) is 3.98. The summed E-state index contributed by atoms with van der Waals surface area (Å²) in [7, 11) is 1.93. The van der Waals surface area contributed by atoms with Crippen molar-refractivity contribution in [1.29, 1.82) is 0 Å². The fourth-order valence-electron chi connectivity index (χ4n) is 2.28. The third kappa shape index (κ3) is 1.76. The van der Waals surface area contributed by atoms with E-state index >= 15 is 0 Å². The molecule has 1 heterocycles. The van der Waals surface area contributed by atoms with Crippen LogP contribution in [-0.4, -0.2) is 24.2 Å². The summed E-state index contributed by atoms with van der Waals surface area (Å²) in [5, 5.41) is 9.75. The Kier molecular flexibility index (Phi) is 2.80. The lowest BCUT2D eigenvalue weighted by Gasteiger charge is -2.25. The Balaban J connectivity index is 2.30. The molecule has 2 rings (SSSR count). The van der Waals surface area contributed by atoms with E-state index in [9.17, 15) is 4.79 Å². The average molecular weight is 240 g/mol. The Labute approximate surface area is 99.6 Å². The number of rotatable bonds is 2. The number of likely N-dealkylation sites (N-methyl/N-ethyl adjacent to an activating group) is 1.